The molecule has 30 heavy (non-hydrogen) atoms. The largest absolute Gasteiger partial charge is 0.495 e. The lowest BCUT2D eigenvalue weighted by Gasteiger charge is -2.50. The Bertz CT molecular complexity index is 746. The first-order chi connectivity index (χ1) is 14.1. The van der Waals surface area contributed by atoms with Crippen LogP contribution in [0.15, 0.2) is 18.2 Å². The van der Waals surface area contributed by atoms with Crippen LogP contribution in [0.4, 0.5) is 4.79 Å². The molecule has 1 N–H and O–H groups in total. The summed E-state index contributed by atoms with van der Waals surface area (Å²) in [5, 5.41) is 4.07. The van der Waals surface area contributed by atoms with Crippen LogP contribution in [0.25, 0.3) is 0 Å². The maximum absolute atomic E-state index is 13.3. The summed E-state index contributed by atoms with van der Waals surface area (Å²) in [4.78, 5) is 20.0. The molecule has 3 rings (SSSR count). The van der Waals surface area contributed by atoms with Crippen molar-refractivity contribution in [1.82, 2.24) is 20.0 Å². The summed E-state index contributed by atoms with van der Waals surface area (Å²) >= 11 is 6.31. The van der Waals surface area contributed by atoms with E-state index < -0.39 is 11.1 Å². The van der Waals surface area contributed by atoms with Gasteiger partial charge in [0.05, 0.1) is 17.7 Å². The van der Waals surface area contributed by atoms with E-state index in [1.807, 2.05) is 43.9 Å². The third-order valence-corrected chi connectivity index (χ3v) is 6.14. The normalized spacial score (nSPS) is 24.0. The number of nitrogens with zero attached hydrogens (tertiary/aromatic N) is 3. The zero-order valence-corrected chi connectivity index (χ0v) is 19.6. The number of methoxy groups -OCH3 is 1. The molecule has 1 amide bonds. The molecule has 0 bridgehead atoms. The number of hydrogen-bond acceptors (Lipinski definition) is 6. The van der Waals surface area contributed by atoms with Gasteiger partial charge < -0.3 is 19.7 Å². The van der Waals surface area contributed by atoms with Crippen molar-refractivity contribution in [3.63, 3.8) is 0 Å². The topological polar surface area (TPSA) is 57.3 Å². The van der Waals surface area contributed by atoms with Crippen LogP contribution in [0, 0.1) is 0 Å². The first kappa shape index (κ1) is 23.1. The highest BCUT2D eigenvalue weighted by molar-refractivity contribution is 6.32. The maximum Gasteiger partial charge on any atom is 0.411 e. The maximum atomic E-state index is 13.3. The highest BCUT2D eigenvalue weighted by atomic mass is 35.5. The SMILES string of the molecule is COc1cc(C2(CN3CCN(C)CC3)CNCCN2C(=O)OC(C)(C)C)ccc1Cl. The molecule has 2 heterocycles. The summed E-state index contributed by atoms with van der Waals surface area (Å²) in [7, 11) is 3.76. The van der Waals surface area contributed by atoms with Gasteiger partial charge in [-0.15, -0.1) is 0 Å². The molecule has 0 radical (unpaired) electrons. The fourth-order valence-electron chi connectivity index (χ4n) is 4.19. The molecular formula is C22H35ClN4O3. The average Bonchev–Trinajstić information content (AvgIpc) is 2.69. The summed E-state index contributed by atoms with van der Waals surface area (Å²) in [6.07, 6.45) is -0.285. The van der Waals surface area contributed by atoms with E-state index >= 15 is 0 Å². The van der Waals surface area contributed by atoms with E-state index in [1.165, 1.54) is 0 Å². The van der Waals surface area contributed by atoms with E-state index in [0.29, 0.717) is 23.9 Å². The lowest BCUT2D eigenvalue weighted by molar-refractivity contribution is -0.0269. The van der Waals surface area contributed by atoms with Gasteiger partial charge in [-0.25, -0.2) is 4.79 Å². The Balaban J connectivity index is 2.01. The van der Waals surface area contributed by atoms with Crippen LogP contribution in [-0.2, 0) is 10.3 Å². The summed E-state index contributed by atoms with van der Waals surface area (Å²) < 4.78 is 11.3. The third kappa shape index (κ3) is 5.19. The van der Waals surface area contributed by atoms with Crippen molar-refractivity contribution in [3.05, 3.63) is 28.8 Å². The summed E-state index contributed by atoms with van der Waals surface area (Å²) in [6.45, 7) is 12.3. The zero-order chi connectivity index (χ0) is 21.9. The van der Waals surface area contributed by atoms with Crippen LogP contribution in [-0.4, -0.2) is 92.9 Å². The molecule has 2 fully saturated rings. The molecule has 0 saturated carbocycles. The fraction of sp³-hybridized carbons (Fsp3) is 0.682. The number of hydrogen-bond donors (Lipinski definition) is 1. The number of rotatable bonds is 4. The second kappa shape index (κ2) is 9.30. The van der Waals surface area contributed by atoms with Crippen molar-refractivity contribution in [2.45, 2.75) is 31.9 Å². The molecule has 1 aromatic carbocycles. The first-order valence-electron chi connectivity index (χ1n) is 10.6. The smallest absolute Gasteiger partial charge is 0.411 e. The number of benzene rings is 1. The second-order valence-electron chi connectivity index (χ2n) is 9.27. The predicted octanol–water partition coefficient (Wildman–Crippen LogP) is 2.63. The van der Waals surface area contributed by atoms with Crippen LogP contribution in [0.3, 0.4) is 0 Å². The Morgan fingerprint density at radius 1 is 1.20 bits per heavy atom. The minimum Gasteiger partial charge on any atom is -0.495 e. The van der Waals surface area contributed by atoms with Gasteiger partial charge in [-0.3, -0.25) is 9.80 Å². The molecule has 2 aliphatic rings. The quantitative estimate of drug-likeness (QED) is 0.779. The van der Waals surface area contributed by atoms with Crippen molar-refractivity contribution < 1.29 is 14.3 Å². The van der Waals surface area contributed by atoms with Gasteiger partial charge in [-0.2, -0.15) is 0 Å². The number of carbonyl (C=O) groups excluding carboxylic acids is 1. The molecule has 168 valence electrons. The Hall–Kier alpha value is -1.54. The van der Waals surface area contributed by atoms with E-state index in [1.54, 1.807) is 7.11 Å². The molecule has 0 spiro atoms. The molecule has 8 heteroatoms. The average molecular weight is 439 g/mol. The highest BCUT2D eigenvalue weighted by Gasteiger charge is 2.46. The standard InChI is InChI=1S/C22H35ClN4O3/c1-21(2,3)30-20(28)27-9-8-24-15-22(27,16-26-12-10-25(4)11-13-26)17-6-7-18(23)19(14-17)29-5/h6-7,14,24H,8-13,15-16H2,1-5H3. The number of carbonyl (C=O) groups is 1. The van der Waals surface area contributed by atoms with Gasteiger partial charge in [0.2, 0.25) is 0 Å². The van der Waals surface area contributed by atoms with Gasteiger partial charge in [0.1, 0.15) is 11.4 Å². The van der Waals surface area contributed by atoms with Gasteiger partial charge in [-0.05, 0) is 45.5 Å². The molecule has 1 unspecified atom stereocenters. The van der Waals surface area contributed by atoms with Crippen LogP contribution in [0.2, 0.25) is 5.02 Å². The molecule has 0 aliphatic carbocycles. The number of amides is 1. The number of piperazine rings is 2. The molecule has 1 atom stereocenters. The Kier molecular flexibility index (Phi) is 7.17. The molecule has 1 aromatic rings. The van der Waals surface area contributed by atoms with E-state index in [9.17, 15) is 4.79 Å². The lowest BCUT2D eigenvalue weighted by Crippen LogP contribution is -2.66. The van der Waals surface area contributed by atoms with E-state index in [-0.39, 0.29) is 6.09 Å². The van der Waals surface area contributed by atoms with Crippen LogP contribution < -0.4 is 10.1 Å². The minimum absolute atomic E-state index is 0.285. The van der Waals surface area contributed by atoms with Crippen molar-refractivity contribution in [2.75, 3.05) is 66.5 Å². The van der Waals surface area contributed by atoms with Gasteiger partial charge >= 0.3 is 6.09 Å². The van der Waals surface area contributed by atoms with Crippen LogP contribution in [0.1, 0.15) is 26.3 Å². The number of halogens is 1. The first-order valence-corrected chi connectivity index (χ1v) is 11.0. The van der Waals surface area contributed by atoms with Gasteiger partial charge in [0.15, 0.2) is 0 Å². The molecule has 2 saturated heterocycles. The summed E-state index contributed by atoms with van der Waals surface area (Å²) in [5.74, 6) is 0.613. The monoisotopic (exact) mass is 438 g/mol. The van der Waals surface area contributed by atoms with Crippen molar-refractivity contribution >= 4 is 17.7 Å². The Morgan fingerprint density at radius 2 is 1.90 bits per heavy atom. The molecular weight excluding hydrogens is 404 g/mol. The minimum atomic E-state index is -0.575. The molecule has 7 nitrogen and oxygen atoms in total. The molecule has 2 aliphatic heterocycles. The highest BCUT2D eigenvalue weighted by Crippen LogP contribution is 2.37. The predicted molar refractivity (Wildman–Crippen MR) is 119 cm³/mol. The van der Waals surface area contributed by atoms with Crippen molar-refractivity contribution in [3.8, 4) is 5.75 Å². The van der Waals surface area contributed by atoms with E-state index in [0.717, 1.165) is 44.8 Å². The van der Waals surface area contributed by atoms with Gasteiger partial charge in [-0.1, -0.05) is 17.7 Å². The zero-order valence-electron chi connectivity index (χ0n) is 18.8. The third-order valence-electron chi connectivity index (χ3n) is 5.83. The summed E-state index contributed by atoms with van der Waals surface area (Å²) in [6, 6.07) is 5.82. The van der Waals surface area contributed by atoms with Gasteiger partial charge in [0, 0.05) is 52.4 Å². The number of nitrogens with one attached hydrogen (secondary N) is 1. The van der Waals surface area contributed by atoms with Gasteiger partial charge in [0.25, 0.3) is 0 Å². The van der Waals surface area contributed by atoms with Crippen molar-refractivity contribution in [2.24, 2.45) is 0 Å². The Labute approximate surface area is 185 Å². The lowest BCUT2D eigenvalue weighted by atomic mass is 9.85. The van der Waals surface area contributed by atoms with E-state index in [2.05, 4.69) is 22.2 Å². The Morgan fingerprint density at radius 3 is 2.53 bits per heavy atom. The number of likely N-dealkylation sites (N-methyl/N-ethyl adjacent to an activating group) is 1. The number of ether oxygens (including phenoxy) is 2. The second-order valence-corrected chi connectivity index (χ2v) is 9.68. The fourth-order valence-corrected chi connectivity index (χ4v) is 4.39. The van der Waals surface area contributed by atoms with E-state index in [4.69, 9.17) is 21.1 Å². The summed E-state index contributed by atoms with van der Waals surface area (Å²) in [5.41, 5.74) is -0.131. The van der Waals surface area contributed by atoms with Crippen LogP contribution in [0.5, 0.6) is 5.75 Å². The molecule has 0 aromatic heterocycles. The van der Waals surface area contributed by atoms with Crippen molar-refractivity contribution in [1.29, 1.82) is 0 Å². The van der Waals surface area contributed by atoms with Crippen LogP contribution >= 0.6 is 11.6 Å².